The van der Waals surface area contributed by atoms with E-state index >= 15 is 0 Å². The first-order valence-electron chi connectivity index (χ1n) is 6.92. The molecule has 0 unspecified atom stereocenters. The minimum Gasteiger partial charge on any atom is -0.390 e. The van der Waals surface area contributed by atoms with Crippen LogP contribution in [0.3, 0.4) is 0 Å². The number of aromatic nitrogens is 3. The number of rotatable bonds is 3. The van der Waals surface area contributed by atoms with Gasteiger partial charge < -0.3 is 4.84 Å². The Morgan fingerprint density at radius 1 is 1.00 bits per heavy atom. The van der Waals surface area contributed by atoms with E-state index in [1.54, 1.807) is 12.1 Å². The van der Waals surface area contributed by atoms with Gasteiger partial charge in [-0.15, -0.1) is 5.10 Å². The molecule has 0 N–H and O–H groups in total. The van der Waals surface area contributed by atoms with Crippen molar-refractivity contribution in [3.05, 3.63) is 71.2 Å². The van der Waals surface area contributed by atoms with Crippen molar-refractivity contribution in [2.24, 2.45) is 0 Å². The maximum atomic E-state index is 6.02. The summed E-state index contributed by atoms with van der Waals surface area (Å²) in [5, 5.41) is 11.1. The third-order valence-corrected chi connectivity index (χ3v) is 3.83. The Morgan fingerprint density at radius 2 is 1.86 bits per heavy atom. The summed E-state index contributed by atoms with van der Waals surface area (Å²) in [4.78, 5) is 7.21. The number of benzene rings is 3. The number of hydrogen-bond acceptors (Lipinski definition) is 3. The van der Waals surface area contributed by atoms with Crippen LogP contribution in [-0.4, -0.2) is 15.2 Å². The minimum atomic E-state index is 0.409. The average Bonchev–Trinajstić information content (AvgIpc) is 2.95. The molecule has 4 nitrogen and oxygen atoms in total. The zero-order valence-electron chi connectivity index (χ0n) is 11.6. The third-order valence-electron chi connectivity index (χ3n) is 3.60. The van der Waals surface area contributed by atoms with Crippen LogP contribution in [-0.2, 0) is 6.61 Å². The second-order valence-corrected chi connectivity index (χ2v) is 5.44. The smallest absolute Gasteiger partial charge is 0.142 e. The van der Waals surface area contributed by atoms with Crippen molar-refractivity contribution >= 4 is 33.4 Å². The number of nitrogens with zero attached hydrogens (tertiary/aromatic N) is 3. The van der Waals surface area contributed by atoms with Gasteiger partial charge in [0, 0.05) is 5.02 Å². The van der Waals surface area contributed by atoms with Crippen molar-refractivity contribution in [1.29, 1.82) is 0 Å². The Morgan fingerprint density at radius 3 is 2.82 bits per heavy atom. The van der Waals surface area contributed by atoms with Gasteiger partial charge in [-0.05, 0) is 39.7 Å². The lowest BCUT2D eigenvalue weighted by Gasteiger charge is -2.08. The Hall–Kier alpha value is -2.59. The maximum absolute atomic E-state index is 6.02. The Bertz CT molecular complexity index is 959. The molecule has 1 heterocycles. The van der Waals surface area contributed by atoms with Crippen LogP contribution in [0.1, 0.15) is 5.56 Å². The van der Waals surface area contributed by atoms with Crippen LogP contribution in [0.4, 0.5) is 0 Å². The number of halogens is 1. The van der Waals surface area contributed by atoms with Gasteiger partial charge in [0.25, 0.3) is 0 Å². The lowest BCUT2D eigenvalue weighted by Crippen LogP contribution is -2.13. The molecular weight excluding hydrogens is 298 g/mol. The van der Waals surface area contributed by atoms with Crippen molar-refractivity contribution in [3.8, 4) is 0 Å². The summed E-state index contributed by atoms with van der Waals surface area (Å²) in [6.07, 6.45) is 0. The van der Waals surface area contributed by atoms with Gasteiger partial charge in [0.05, 0.1) is 0 Å². The molecule has 0 saturated heterocycles. The van der Waals surface area contributed by atoms with E-state index in [9.17, 15) is 0 Å². The molecule has 0 aliphatic carbocycles. The van der Waals surface area contributed by atoms with Crippen molar-refractivity contribution < 1.29 is 4.84 Å². The highest BCUT2D eigenvalue weighted by Gasteiger charge is 2.07. The second kappa shape index (κ2) is 5.31. The van der Waals surface area contributed by atoms with Crippen molar-refractivity contribution in [2.45, 2.75) is 6.61 Å². The molecule has 0 amide bonds. The molecule has 0 saturated carbocycles. The molecule has 108 valence electrons. The van der Waals surface area contributed by atoms with Crippen molar-refractivity contribution in [3.63, 3.8) is 0 Å². The van der Waals surface area contributed by atoms with Gasteiger partial charge in [0.2, 0.25) is 0 Å². The highest BCUT2D eigenvalue weighted by Crippen LogP contribution is 2.20. The number of fused-ring (bicyclic) bond motifs is 2. The maximum Gasteiger partial charge on any atom is 0.142 e. The molecule has 4 aromatic rings. The topological polar surface area (TPSA) is 39.9 Å². The van der Waals surface area contributed by atoms with Gasteiger partial charge in [0.1, 0.15) is 17.6 Å². The van der Waals surface area contributed by atoms with Crippen molar-refractivity contribution in [2.75, 3.05) is 0 Å². The van der Waals surface area contributed by atoms with Crippen LogP contribution in [0.15, 0.2) is 60.7 Å². The normalized spacial score (nSPS) is 11.1. The Balaban J connectivity index is 1.67. The summed E-state index contributed by atoms with van der Waals surface area (Å²) in [6.45, 7) is 0.409. The summed E-state index contributed by atoms with van der Waals surface area (Å²) in [5.74, 6) is 0. The summed E-state index contributed by atoms with van der Waals surface area (Å²) in [6, 6.07) is 19.8. The summed E-state index contributed by atoms with van der Waals surface area (Å²) in [7, 11) is 0. The SMILES string of the molecule is Clc1ccc2nnn(OCc3cccc4ccccc34)c2c1. The molecule has 5 heteroatoms. The van der Waals surface area contributed by atoms with Crippen LogP contribution < -0.4 is 4.84 Å². The van der Waals surface area contributed by atoms with E-state index in [1.165, 1.54) is 15.6 Å². The third kappa shape index (κ3) is 2.27. The molecule has 0 aliphatic heterocycles. The van der Waals surface area contributed by atoms with E-state index in [1.807, 2.05) is 24.3 Å². The molecule has 0 radical (unpaired) electrons. The largest absolute Gasteiger partial charge is 0.390 e. The van der Waals surface area contributed by atoms with Crippen molar-refractivity contribution in [1.82, 2.24) is 15.2 Å². The Labute approximate surface area is 131 Å². The minimum absolute atomic E-state index is 0.409. The molecule has 3 aromatic carbocycles. The first-order valence-corrected chi connectivity index (χ1v) is 7.30. The average molecular weight is 310 g/mol. The molecule has 22 heavy (non-hydrogen) atoms. The zero-order chi connectivity index (χ0) is 14.9. The van der Waals surface area contributed by atoms with Gasteiger partial charge in [-0.2, -0.15) is 0 Å². The highest BCUT2D eigenvalue weighted by molar-refractivity contribution is 6.31. The molecule has 0 fully saturated rings. The fourth-order valence-corrected chi connectivity index (χ4v) is 2.68. The first kappa shape index (κ1) is 13.1. The molecule has 1 aromatic heterocycles. The van der Waals surface area contributed by atoms with E-state index in [4.69, 9.17) is 16.4 Å². The second-order valence-electron chi connectivity index (χ2n) is 5.01. The number of hydrogen-bond donors (Lipinski definition) is 0. The fourth-order valence-electron chi connectivity index (χ4n) is 2.52. The highest BCUT2D eigenvalue weighted by atomic mass is 35.5. The van der Waals surface area contributed by atoms with Gasteiger partial charge in [0.15, 0.2) is 0 Å². The lowest BCUT2D eigenvalue weighted by atomic mass is 10.1. The first-order chi connectivity index (χ1) is 10.8. The molecule has 0 aliphatic rings. The summed E-state index contributed by atoms with van der Waals surface area (Å²) in [5.41, 5.74) is 2.61. The van der Waals surface area contributed by atoms with E-state index in [0.29, 0.717) is 11.6 Å². The predicted molar refractivity (Wildman–Crippen MR) is 86.8 cm³/mol. The quantitative estimate of drug-likeness (QED) is 0.577. The fraction of sp³-hybridized carbons (Fsp3) is 0.0588. The van der Waals surface area contributed by atoms with E-state index in [-0.39, 0.29) is 0 Å². The van der Waals surface area contributed by atoms with E-state index < -0.39 is 0 Å². The molecule has 0 spiro atoms. The van der Waals surface area contributed by atoms with E-state index in [0.717, 1.165) is 16.6 Å². The van der Waals surface area contributed by atoms with Crippen LogP contribution in [0, 0.1) is 0 Å². The predicted octanol–water partition coefficient (Wildman–Crippen LogP) is 3.87. The summed E-state index contributed by atoms with van der Waals surface area (Å²) >= 11 is 6.02. The van der Waals surface area contributed by atoms with Crippen LogP contribution >= 0.6 is 11.6 Å². The monoisotopic (exact) mass is 309 g/mol. The molecular formula is C17H12ClN3O. The molecule has 0 bridgehead atoms. The van der Waals surface area contributed by atoms with Gasteiger partial charge in [-0.3, -0.25) is 0 Å². The van der Waals surface area contributed by atoms with Gasteiger partial charge in [-0.1, -0.05) is 58.9 Å². The van der Waals surface area contributed by atoms with Crippen LogP contribution in [0.25, 0.3) is 21.8 Å². The zero-order valence-corrected chi connectivity index (χ0v) is 12.4. The molecule has 0 atom stereocenters. The van der Waals surface area contributed by atoms with Gasteiger partial charge in [-0.25, -0.2) is 0 Å². The van der Waals surface area contributed by atoms with E-state index in [2.05, 4.69) is 34.6 Å². The summed E-state index contributed by atoms with van der Waals surface area (Å²) < 4.78 is 0. The molecule has 4 rings (SSSR count). The Kier molecular flexibility index (Phi) is 3.16. The van der Waals surface area contributed by atoms with Crippen LogP contribution in [0.5, 0.6) is 0 Å². The lowest BCUT2D eigenvalue weighted by molar-refractivity contribution is 0.0758. The van der Waals surface area contributed by atoms with Crippen LogP contribution in [0.2, 0.25) is 5.02 Å². The standard InChI is InChI=1S/C17H12ClN3O/c18-14-8-9-16-17(10-14)21(20-19-16)22-11-13-6-3-5-12-4-1-2-7-15(12)13/h1-10H,11H2. The van der Waals surface area contributed by atoms with Gasteiger partial charge >= 0.3 is 0 Å².